The molecule has 30 heavy (non-hydrogen) atoms. The average molecular weight is 433 g/mol. The Morgan fingerprint density at radius 1 is 1.43 bits per heavy atom. The highest BCUT2D eigenvalue weighted by Crippen LogP contribution is 2.31. The van der Waals surface area contributed by atoms with Crippen molar-refractivity contribution in [3.63, 3.8) is 0 Å². The topological polar surface area (TPSA) is 109 Å². The lowest BCUT2D eigenvalue weighted by atomic mass is 9.88. The zero-order valence-electron chi connectivity index (χ0n) is 17.6. The summed E-state index contributed by atoms with van der Waals surface area (Å²) in [7, 11) is 3.78. The van der Waals surface area contributed by atoms with E-state index in [9.17, 15) is 4.79 Å². The van der Waals surface area contributed by atoms with Gasteiger partial charge in [0, 0.05) is 48.2 Å². The SMILES string of the molecule is COCC(C)N(C)[C@H]1CCC(n2cc(C(N)=O)c(Nc3ccc(Cl)cc3)n2)C(=N)C1. The first kappa shape index (κ1) is 22.3. The summed E-state index contributed by atoms with van der Waals surface area (Å²) < 4.78 is 6.95. The Labute approximate surface area is 181 Å². The van der Waals surface area contributed by atoms with Gasteiger partial charge in [0.25, 0.3) is 5.91 Å². The van der Waals surface area contributed by atoms with Crippen LogP contribution in [0.5, 0.6) is 0 Å². The Balaban J connectivity index is 1.75. The monoisotopic (exact) mass is 432 g/mol. The van der Waals surface area contributed by atoms with Gasteiger partial charge in [-0.25, -0.2) is 0 Å². The van der Waals surface area contributed by atoms with Crippen molar-refractivity contribution in [2.75, 3.05) is 26.1 Å². The molecule has 3 rings (SSSR count). The Morgan fingerprint density at radius 3 is 2.73 bits per heavy atom. The number of nitrogens with one attached hydrogen (secondary N) is 2. The lowest BCUT2D eigenvalue weighted by Crippen LogP contribution is -2.45. The maximum absolute atomic E-state index is 12.0. The molecular formula is C21H29ClN6O2. The van der Waals surface area contributed by atoms with E-state index in [0.717, 1.165) is 18.5 Å². The van der Waals surface area contributed by atoms with Crippen LogP contribution in [0.1, 0.15) is 42.6 Å². The number of halogens is 1. The van der Waals surface area contributed by atoms with Gasteiger partial charge >= 0.3 is 0 Å². The number of benzene rings is 1. The van der Waals surface area contributed by atoms with Crippen molar-refractivity contribution in [1.82, 2.24) is 14.7 Å². The number of rotatable bonds is 8. The van der Waals surface area contributed by atoms with Crippen molar-refractivity contribution in [3.8, 4) is 0 Å². The van der Waals surface area contributed by atoms with Crippen molar-refractivity contribution in [2.24, 2.45) is 5.73 Å². The van der Waals surface area contributed by atoms with E-state index in [4.69, 9.17) is 27.5 Å². The summed E-state index contributed by atoms with van der Waals surface area (Å²) in [6.07, 6.45) is 4.00. The molecule has 1 aromatic carbocycles. The lowest BCUT2D eigenvalue weighted by molar-refractivity contribution is 0.0830. The first-order valence-electron chi connectivity index (χ1n) is 9.99. The highest BCUT2D eigenvalue weighted by molar-refractivity contribution is 6.30. The van der Waals surface area contributed by atoms with E-state index < -0.39 is 5.91 Å². The molecule has 9 heteroatoms. The van der Waals surface area contributed by atoms with Gasteiger partial charge in [-0.1, -0.05) is 11.6 Å². The molecule has 0 spiro atoms. The molecule has 8 nitrogen and oxygen atoms in total. The van der Waals surface area contributed by atoms with Crippen molar-refractivity contribution in [1.29, 1.82) is 5.41 Å². The van der Waals surface area contributed by atoms with Crippen LogP contribution in [-0.2, 0) is 4.74 Å². The zero-order valence-corrected chi connectivity index (χ0v) is 18.3. The molecule has 2 unspecified atom stereocenters. The van der Waals surface area contributed by atoms with Crippen LogP contribution in [0.15, 0.2) is 30.5 Å². The fourth-order valence-corrected chi connectivity index (χ4v) is 3.99. The Bertz CT molecular complexity index is 897. The number of hydrogen-bond acceptors (Lipinski definition) is 6. The van der Waals surface area contributed by atoms with Crippen LogP contribution in [0.4, 0.5) is 11.5 Å². The minimum atomic E-state index is -0.564. The van der Waals surface area contributed by atoms with Crippen LogP contribution in [0.3, 0.4) is 0 Å². The third kappa shape index (κ3) is 5.00. The van der Waals surface area contributed by atoms with Gasteiger partial charge in [-0.2, -0.15) is 5.10 Å². The molecule has 4 N–H and O–H groups in total. The molecule has 0 aliphatic heterocycles. The van der Waals surface area contributed by atoms with Crippen molar-refractivity contribution >= 4 is 34.7 Å². The average Bonchev–Trinajstić information content (AvgIpc) is 3.13. The smallest absolute Gasteiger partial charge is 0.254 e. The molecule has 2 aromatic rings. The lowest BCUT2D eigenvalue weighted by Gasteiger charge is -2.38. The first-order chi connectivity index (χ1) is 14.3. The fourth-order valence-electron chi connectivity index (χ4n) is 3.87. The third-order valence-corrected chi connectivity index (χ3v) is 5.99. The van der Waals surface area contributed by atoms with Crippen molar-refractivity contribution in [2.45, 2.75) is 44.3 Å². The van der Waals surface area contributed by atoms with Crippen LogP contribution in [-0.4, -0.2) is 59.1 Å². The second-order valence-corrected chi connectivity index (χ2v) is 8.25. The molecule has 0 saturated heterocycles. The van der Waals surface area contributed by atoms with E-state index in [2.05, 4.69) is 29.3 Å². The molecule has 1 amide bonds. The summed E-state index contributed by atoms with van der Waals surface area (Å²) in [5.41, 5.74) is 7.21. The van der Waals surface area contributed by atoms with Gasteiger partial charge < -0.3 is 21.2 Å². The number of primary amides is 1. The van der Waals surface area contributed by atoms with Gasteiger partial charge in [-0.05, 0) is 51.1 Å². The number of likely N-dealkylation sites (N-methyl/N-ethyl adjacent to an activating group) is 1. The molecule has 162 valence electrons. The van der Waals surface area contributed by atoms with Crippen LogP contribution < -0.4 is 11.1 Å². The van der Waals surface area contributed by atoms with Crippen LogP contribution in [0.2, 0.25) is 5.02 Å². The zero-order chi connectivity index (χ0) is 21.8. The molecule has 1 fully saturated rings. The molecule has 1 aromatic heterocycles. The summed E-state index contributed by atoms with van der Waals surface area (Å²) in [6, 6.07) is 7.49. The Kier molecular flexibility index (Phi) is 7.12. The van der Waals surface area contributed by atoms with E-state index in [0.29, 0.717) is 35.1 Å². The minimum Gasteiger partial charge on any atom is -0.383 e. The van der Waals surface area contributed by atoms with Gasteiger partial charge in [0.15, 0.2) is 5.82 Å². The Morgan fingerprint density at radius 2 is 2.13 bits per heavy atom. The number of amides is 1. The maximum Gasteiger partial charge on any atom is 0.254 e. The van der Waals surface area contributed by atoms with Gasteiger partial charge in [0.2, 0.25) is 0 Å². The fraction of sp³-hybridized carbons (Fsp3) is 0.476. The predicted octanol–water partition coefficient (Wildman–Crippen LogP) is 3.46. The summed E-state index contributed by atoms with van der Waals surface area (Å²) in [5, 5.41) is 16.9. The summed E-state index contributed by atoms with van der Waals surface area (Å²) >= 11 is 5.93. The molecule has 1 saturated carbocycles. The number of anilines is 2. The summed E-state index contributed by atoms with van der Waals surface area (Å²) in [4.78, 5) is 14.2. The summed E-state index contributed by atoms with van der Waals surface area (Å²) in [5.74, 6) is -0.184. The van der Waals surface area contributed by atoms with Gasteiger partial charge in [-0.3, -0.25) is 14.4 Å². The van der Waals surface area contributed by atoms with E-state index in [1.807, 2.05) is 0 Å². The molecule has 0 bridgehead atoms. The number of nitrogens with two attached hydrogens (primary N) is 1. The highest BCUT2D eigenvalue weighted by Gasteiger charge is 2.32. The van der Waals surface area contributed by atoms with Crippen molar-refractivity contribution in [3.05, 3.63) is 41.0 Å². The second kappa shape index (κ2) is 9.59. The molecular weight excluding hydrogens is 404 g/mol. The minimum absolute atomic E-state index is 0.189. The number of carbonyl (C=O) groups excluding carboxylic acids is 1. The normalized spacial score (nSPS) is 20.4. The van der Waals surface area contributed by atoms with Gasteiger partial charge in [0.1, 0.15) is 5.56 Å². The highest BCUT2D eigenvalue weighted by atomic mass is 35.5. The number of hydrogen-bond donors (Lipinski definition) is 3. The van der Waals surface area contributed by atoms with Crippen LogP contribution in [0, 0.1) is 5.41 Å². The number of carbonyl (C=O) groups is 1. The van der Waals surface area contributed by atoms with E-state index >= 15 is 0 Å². The molecule has 1 aliphatic rings. The molecule has 1 heterocycles. The molecule has 3 atom stereocenters. The van der Waals surface area contributed by atoms with E-state index in [-0.39, 0.29) is 18.1 Å². The second-order valence-electron chi connectivity index (χ2n) is 7.81. The predicted molar refractivity (Wildman–Crippen MR) is 119 cm³/mol. The standard InChI is InChI=1S/C21H29ClN6O2/c1-13(12-30-3)27(2)16-8-9-19(18(23)10-16)28-11-17(20(24)29)21(26-28)25-15-6-4-14(22)5-7-15/h4-7,11,13,16,19,23H,8-10,12H2,1-3H3,(H2,24,29)(H,25,26)/t13?,16-,19?/m0/s1. The quantitative estimate of drug-likeness (QED) is 0.591. The van der Waals surface area contributed by atoms with Crippen molar-refractivity contribution < 1.29 is 9.53 Å². The number of methoxy groups -OCH3 is 1. The van der Waals surface area contributed by atoms with Crippen LogP contribution in [0.25, 0.3) is 0 Å². The van der Waals surface area contributed by atoms with Gasteiger partial charge in [0.05, 0.1) is 12.6 Å². The maximum atomic E-state index is 12.0. The van der Waals surface area contributed by atoms with E-state index in [1.165, 1.54) is 0 Å². The van der Waals surface area contributed by atoms with E-state index in [1.54, 1.807) is 42.3 Å². The van der Waals surface area contributed by atoms with Gasteiger partial charge in [-0.15, -0.1) is 0 Å². The molecule has 0 radical (unpaired) electrons. The Hall–Kier alpha value is -2.42. The number of ether oxygens (including phenoxy) is 1. The largest absolute Gasteiger partial charge is 0.383 e. The number of nitrogens with zero attached hydrogens (tertiary/aromatic N) is 3. The number of aromatic nitrogens is 2. The van der Waals surface area contributed by atoms with Crippen LogP contribution >= 0.6 is 11.6 Å². The summed E-state index contributed by atoms with van der Waals surface area (Å²) in [6.45, 7) is 2.78. The first-order valence-corrected chi connectivity index (χ1v) is 10.4. The molecule has 1 aliphatic carbocycles. The third-order valence-electron chi connectivity index (χ3n) is 5.73.